The predicted molar refractivity (Wildman–Crippen MR) is 61.9 cm³/mol. The van der Waals surface area contributed by atoms with Crippen LogP contribution in [0.15, 0.2) is 24.3 Å². The Morgan fingerprint density at radius 2 is 2.29 bits per heavy atom. The number of fused-ring (bicyclic) bond motifs is 1. The molecular formula is C11H15ClN2. The van der Waals surface area contributed by atoms with Crippen LogP contribution < -0.4 is 9.74 Å². The van der Waals surface area contributed by atoms with Gasteiger partial charge in [-0.05, 0) is 24.5 Å². The second kappa shape index (κ2) is 4.09. The van der Waals surface area contributed by atoms with Crippen molar-refractivity contribution in [3.63, 3.8) is 0 Å². The number of hydrogen-bond acceptors (Lipinski definition) is 2. The van der Waals surface area contributed by atoms with E-state index in [1.807, 2.05) is 22.6 Å². The van der Waals surface area contributed by atoms with E-state index in [1.54, 1.807) is 0 Å². The quantitative estimate of drug-likeness (QED) is 0.717. The van der Waals surface area contributed by atoms with E-state index < -0.39 is 0 Å². The third kappa shape index (κ3) is 1.80. The minimum absolute atomic E-state index is 0.625. The first-order valence-electron chi connectivity index (χ1n) is 5.07. The lowest BCUT2D eigenvalue weighted by molar-refractivity contribution is 0.557. The van der Waals surface area contributed by atoms with Crippen LogP contribution in [0.5, 0.6) is 0 Å². The van der Waals surface area contributed by atoms with Gasteiger partial charge in [0.1, 0.15) is 0 Å². The van der Waals surface area contributed by atoms with Crippen LogP contribution in [0, 0.1) is 5.92 Å². The second-order valence-corrected chi connectivity index (χ2v) is 4.13. The highest BCUT2D eigenvalue weighted by atomic mass is 35.5. The maximum absolute atomic E-state index is 6.22. The maximum Gasteiger partial charge on any atom is 0.0754 e. The van der Waals surface area contributed by atoms with Crippen molar-refractivity contribution < 1.29 is 0 Å². The van der Waals surface area contributed by atoms with Crippen LogP contribution in [0.3, 0.4) is 0 Å². The Balaban J connectivity index is 2.26. The first kappa shape index (κ1) is 9.66. The fourth-order valence-electron chi connectivity index (χ4n) is 1.75. The summed E-state index contributed by atoms with van der Waals surface area (Å²) in [5.41, 5.74) is 2.23. The lowest BCUT2D eigenvalue weighted by Gasteiger charge is -2.17. The Morgan fingerprint density at radius 3 is 3.07 bits per heavy atom. The molecule has 0 aliphatic carbocycles. The van der Waals surface area contributed by atoms with E-state index in [0.29, 0.717) is 5.92 Å². The van der Waals surface area contributed by atoms with Crippen LogP contribution in [0.4, 0.5) is 11.4 Å². The second-order valence-electron chi connectivity index (χ2n) is 3.72. The summed E-state index contributed by atoms with van der Waals surface area (Å²) in [6.45, 7) is 4.13. The van der Waals surface area contributed by atoms with Crippen molar-refractivity contribution in [3.8, 4) is 0 Å². The summed E-state index contributed by atoms with van der Waals surface area (Å²) < 4.78 is 1.82. The molecule has 0 bridgehead atoms. The highest BCUT2D eigenvalue weighted by molar-refractivity contribution is 6.26. The van der Waals surface area contributed by atoms with Gasteiger partial charge in [-0.1, -0.05) is 19.1 Å². The summed E-state index contributed by atoms with van der Waals surface area (Å²) in [4.78, 5) is 0. The third-order valence-electron chi connectivity index (χ3n) is 2.74. The Labute approximate surface area is 90.0 Å². The lowest BCUT2D eigenvalue weighted by atomic mass is 10.1. The van der Waals surface area contributed by atoms with Crippen molar-refractivity contribution in [2.45, 2.75) is 13.3 Å². The lowest BCUT2D eigenvalue weighted by Crippen LogP contribution is -2.21. The number of halogens is 1. The summed E-state index contributed by atoms with van der Waals surface area (Å²) in [6, 6.07) is 8.17. The smallest absolute Gasteiger partial charge is 0.0754 e. The van der Waals surface area contributed by atoms with Gasteiger partial charge in [-0.3, -0.25) is 4.42 Å². The zero-order chi connectivity index (χ0) is 9.97. The molecule has 1 atom stereocenters. The van der Waals surface area contributed by atoms with E-state index in [9.17, 15) is 0 Å². The van der Waals surface area contributed by atoms with Crippen molar-refractivity contribution in [1.29, 1.82) is 0 Å². The van der Waals surface area contributed by atoms with Gasteiger partial charge in [-0.25, -0.2) is 0 Å². The van der Waals surface area contributed by atoms with Gasteiger partial charge in [0.2, 0.25) is 0 Å². The van der Waals surface area contributed by atoms with E-state index in [4.69, 9.17) is 11.8 Å². The van der Waals surface area contributed by atoms with Crippen LogP contribution >= 0.6 is 11.8 Å². The number of rotatable bonds is 1. The van der Waals surface area contributed by atoms with Crippen LogP contribution in [-0.2, 0) is 0 Å². The number of nitrogens with zero attached hydrogens (tertiary/aromatic N) is 1. The highest BCUT2D eigenvalue weighted by Gasteiger charge is 2.18. The average Bonchev–Trinajstić information content (AvgIpc) is 2.39. The topological polar surface area (TPSA) is 15.3 Å². The summed E-state index contributed by atoms with van der Waals surface area (Å²) >= 11 is 6.22. The molecule has 1 heterocycles. The molecule has 3 heteroatoms. The molecule has 0 saturated heterocycles. The Morgan fingerprint density at radius 1 is 1.50 bits per heavy atom. The molecule has 1 aromatic carbocycles. The van der Waals surface area contributed by atoms with Gasteiger partial charge in [0.15, 0.2) is 0 Å². The molecular weight excluding hydrogens is 196 g/mol. The Kier molecular flexibility index (Phi) is 2.82. The van der Waals surface area contributed by atoms with Gasteiger partial charge in [-0.15, -0.1) is 0 Å². The van der Waals surface area contributed by atoms with E-state index in [-0.39, 0.29) is 0 Å². The van der Waals surface area contributed by atoms with Gasteiger partial charge >= 0.3 is 0 Å². The molecule has 0 radical (unpaired) electrons. The molecule has 1 aromatic rings. The average molecular weight is 211 g/mol. The zero-order valence-electron chi connectivity index (χ0n) is 8.33. The minimum atomic E-state index is 0.625. The molecule has 1 aliphatic heterocycles. The fourth-order valence-corrected chi connectivity index (χ4v) is 2.09. The minimum Gasteiger partial charge on any atom is -0.383 e. The van der Waals surface area contributed by atoms with Gasteiger partial charge in [0, 0.05) is 24.9 Å². The number of para-hydroxylation sites is 2. The largest absolute Gasteiger partial charge is 0.383 e. The molecule has 1 unspecified atom stereocenters. The Bertz CT molecular complexity index is 314. The normalized spacial score (nSPS) is 21.0. The number of benzene rings is 1. The Hall–Kier alpha value is -0.890. The summed E-state index contributed by atoms with van der Waals surface area (Å²) in [7, 11) is 0. The van der Waals surface area contributed by atoms with Crippen molar-refractivity contribution in [2.75, 3.05) is 22.8 Å². The first-order chi connectivity index (χ1) is 6.81. The summed E-state index contributed by atoms with van der Waals surface area (Å²) in [5, 5.41) is 3.43. The summed E-state index contributed by atoms with van der Waals surface area (Å²) in [5.74, 6) is 0.625. The fraction of sp³-hybridized carbons (Fsp3) is 0.455. The molecule has 1 N–H and O–H groups in total. The molecule has 0 saturated carbocycles. The van der Waals surface area contributed by atoms with Gasteiger partial charge in [0.25, 0.3) is 0 Å². The SMILES string of the molecule is CCC1CNc2ccccc2N(Cl)C1. The van der Waals surface area contributed by atoms with Gasteiger partial charge in [0.05, 0.1) is 11.4 Å². The van der Waals surface area contributed by atoms with Crippen LogP contribution in [0.2, 0.25) is 0 Å². The highest BCUT2D eigenvalue weighted by Crippen LogP contribution is 2.30. The zero-order valence-corrected chi connectivity index (χ0v) is 9.09. The molecule has 0 fully saturated rings. The standard InChI is InChI=1S/C11H15ClN2/c1-2-9-7-13-10-5-3-4-6-11(10)14(12)8-9/h3-6,9,13H,2,7-8H2,1H3. The van der Waals surface area contributed by atoms with Crippen molar-refractivity contribution in [2.24, 2.45) is 5.92 Å². The van der Waals surface area contributed by atoms with Crippen LogP contribution in [0.1, 0.15) is 13.3 Å². The first-order valence-corrected chi connectivity index (χ1v) is 5.41. The van der Waals surface area contributed by atoms with Crippen molar-refractivity contribution in [1.82, 2.24) is 0 Å². The van der Waals surface area contributed by atoms with Crippen molar-refractivity contribution >= 4 is 23.2 Å². The van der Waals surface area contributed by atoms with Crippen molar-refractivity contribution in [3.05, 3.63) is 24.3 Å². The molecule has 2 nitrogen and oxygen atoms in total. The van der Waals surface area contributed by atoms with Gasteiger partial charge < -0.3 is 5.32 Å². The predicted octanol–water partition coefficient (Wildman–Crippen LogP) is 3.10. The molecule has 0 spiro atoms. The van der Waals surface area contributed by atoms with E-state index in [2.05, 4.69) is 18.3 Å². The van der Waals surface area contributed by atoms with Crippen LogP contribution in [-0.4, -0.2) is 13.1 Å². The molecule has 2 rings (SSSR count). The molecule has 1 aliphatic rings. The maximum atomic E-state index is 6.22. The summed E-state index contributed by atoms with van der Waals surface area (Å²) in [6.07, 6.45) is 1.16. The molecule has 76 valence electrons. The number of nitrogens with one attached hydrogen (secondary N) is 1. The van der Waals surface area contributed by atoms with Gasteiger partial charge in [-0.2, -0.15) is 0 Å². The van der Waals surface area contributed by atoms with E-state index in [1.165, 1.54) is 0 Å². The number of anilines is 2. The molecule has 0 aromatic heterocycles. The number of hydrogen-bond donors (Lipinski definition) is 1. The van der Waals surface area contributed by atoms with Crippen LogP contribution in [0.25, 0.3) is 0 Å². The molecule has 14 heavy (non-hydrogen) atoms. The molecule has 0 amide bonds. The van der Waals surface area contributed by atoms with E-state index >= 15 is 0 Å². The van der Waals surface area contributed by atoms with E-state index in [0.717, 1.165) is 30.9 Å². The third-order valence-corrected chi connectivity index (χ3v) is 3.06. The monoisotopic (exact) mass is 210 g/mol.